The van der Waals surface area contributed by atoms with Crippen molar-refractivity contribution >= 4 is 23.4 Å². The lowest BCUT2D eigenvalue weighted by atomic mass is 10.1. The van der Waals surface area contributed by atoms with Gasteiger partial charge in [0.2, 0.25) is 11.8 Å². The number of halogens is 1. The number of benzene rings is 1. The topological polar surface area (TPSA) is 49.4 Å². The number of nitrogens with one attached hydrogen (secondary N) is 1. The van der Waals surface area contributed by atoms with Crippen molar-refractivity contribution < 1.29 is 9.59 Å². The first-order valence-corrected chi connectivity index (χ1v) is 7.76. The second-order valence-electron chi connectivity index (χ2n) is 5.48. The molecule has 1 fully saturated rings. The van der Waals surface area contributed by atoms with Gasteiger partial charge in [0.25, 0.3) is 0 Å². The van der Waals surface area contributed by atoms with Crippen molar-refractivity contribution in [1.82, 2.24) is 10.2 Å². The molecule has 1 aliphatic rings. The van der Waals surface area contributed by atoms with Crippen molar-refractivity contribution in [3.05, 3.63) is 34.9 Å². The van der Waals surface area contributed by atoms with Crippen LogP contribution in [0, 0.1) is 0 Å². The van der Waals surface area contributed by atoms with Crippen molar-refractivity contribution in [2.24, 2.45) is 0 Å². The monoisotopic (exact) mass is 308 g/mol. The van der Waals surface area contributed by atoms with E-state index in [-0.39, 0.29) is 18.2 Å². The fraction of sp³-hybridized carbons (Fsp3) is 0.500. The van der Waals surface area contributed by atoms with E-state index in [1.54, 1.807) is 19.1 Å². The molecule has 1 N–H and O–H groups in total. The van der Waals surface area contributed by atoms with Gasteiger partial charge in [-0.2, -0.15) is 0 Å². The zero-order valence-corrected chi connectivity index (χ0v) is 13.0. The van der Waals surface area contributed by atoms with E-state index in [0.717, 1.165) is 31.5 Å². The number of likely N-dealkylation sites (tertiary alicyclic amines) is 1. The van der Waals surface area contributed by atoms with Gasteiger partial charge in [-0.1, -0.05) is 23.7 Å². The van der Waals surface area contributed by atoms with Crippen LogP contribution in [0.1, 0.15) is 31.7 Å². The summed E-state index contributed by atoms with van der Waals surface area (Å²) in [6, 6.07) is 6.68. The van der Waals surface area contributed by atoms with E-state index in [9.17, 15) is 9.59 Å². The molecule has 1 saturated heterocycles. The highest BCUT2D eigenvalue weighted by Gasteiger charge is 2.23. The summed E-state index contributed by atoms with van der Waals surface area (Å²) in [5.74, 6) is -0.130. The maximum atomic E-state index is 12.2. The summed E-state index contributed by atoms with van der Waals surface area (Å²) >= 11 is 5.81. The van der Waals surface area contributed by atoms with Crippen LogP contribution in [0.3, 0.4) is 0 Å². The van der Waals surface area contributed by atoms with Gasteiger partial charge in [-0.3, -0.25) is 9.59 Å². The Bertz CT molecular complexity index is 496. The second-order valence-corrected chi connectivity index (χ2v) is 5.91. The summed E-state index contributed by atoms with van der Waals surface area (Å²) in [4.78, 5) is 26.0. The Morgan fingerprint density at radius 1 is 1.19 bits per heavy atom. The summed E-state index contributed by atoms with van der Waals surface area (Å²) in [5, 5.41) is 3.42. The predicted octanol–water partition coefficient (Wildman–Crippen LogP) is 2.40. The van der Waals surface area contributed by atoms with Crippen molar-refractivity contribution in [2.75, 3.05) is 13.1 Å². The van der Waals surface area contributed by atoms with Crippen molar-refractivity contribution in [3.63, 3.8) is 0 Å². The molecule has 0 spiro atoms. The third-order valence-electron chi connectivity index (χ3n) is 3.69. The summed E-state index contributed by atoms with van der Waals surface area (Å²) in [5.41, 5.74) is 0.884. The summed E-state index contributed by atoms with van der Waals surface area (Å²) < 4.78 is 0. The molecule has 0 bridgehead atoms. The molecule has 0 radical (unpaired) electrons. The Kier molecular flexibility index (Phi) is 5.62. The fourth-order valence-corrected chi connectivity index (χ4v) is 2.66. The highest BCUT2D eigenvalue weighted by molar-refractivity contribution is 6.30. The Morgan fingerprint density at radius 2 is 1.81 bits per heavy atom. The Balaban J connectivity index is 1.83. The van der Waals surface area contributed by atoms with Gasteiger partial charge in [-0.15, -0.1) is 0 Å². The average Bonchev–Trinajstić information content (AvgIpc) is 2.49. The molecule has 0 saturated carbocycles. The average molecular weight is 309 g/mol. The molecular weight excluding hydrogens is 288 g/mol. The lowest BCUT2D eigenvalue weighted by Gasteiger charge is -2.29. The van der Waals surface area contributed by atoms with Crippen LogP contribution >= 0.6 is 11.6 Å². The summed E-state index contributed by atoms with van der Waals surface area (Å²) in [7, 11) is 0. The van der Waals surface area contributed by atoms with Crippen molar-refractivity contribution in [1.29, 1.82) is 0 Å². The number of hydrogen-bond acceptors (Lipinski definition) is 2. The van der Waals surface area contributed by atoms with Gasteiger partial charge >= 0.3 is 0 Å². The summed E-state index contributed by atoms with van der Waals surface area (Å²) in [6.07, 6.45) is 3.55. The minimum atomic E-state index is -0.470. The van der Waals surface area contributed by atoms with Crippen LogP contribution in [0.4, 0.5) is 0 Å². The van der Waals surface area contributed by atoms with Crippen LogP contribution < -0.4 is 5.32 Å². The van der Waals surface area contributed by atoms with Crippen molar-refractivity contribution in [2.45, 2.75) is 38.6 Å². The van der Waals surface area contributed by atoms with E-state index in [4.69, 9.17) is 11.6 Å². The number of amides is 2. The van der Waals surface area contributed by atoms with E-state index >= 15 is 0 Å². The lowest BCUT2D eigenvalue weighted by Crippen LogP contribution is -2.48. The number of carbonyl (C=O) groups is 2. The first-order chi connectivity index (χ1) is 10.1. The smallest absolute Gasteiger partial charge is 0.244 e. The lowest BCUT2D eigenvalue weighted by molar-refractivity contribution is -0.136. The molecule has 21 heavy (non-hydrogen) atoms. The molecule has 2 rings (SSSR count). The van der Waals surface area contributed by atoms with Gasteiger partial charge in [0, 0.05) is 18.1 Å². The van der Waals surface area contributed by atoms with Crippen LogP contribution in [0.25, 0.3) is 0 Å². The van der Waals surface area contributed by atoms with Gasteiger partial charge in [0.15, 0.2) is 0 Å². The van der Waals surface area contributed by atoms with Crippen LogP contribution in [0.2, 0.25) is 5.02 Å². The van der Waals surface area contributed by atoms with Crippen LogP contribution in [0.15, 0.2) is 24.3 Å². The van der Waals surface area contributed by atoms with E-state index in [0.29, 0.717) is 5.02 Å². The van der Waals surface area contributed by atoms with Gasteiger partial charge in [-0.25, -0.2) is 0 Å². The number of rotatable bonds is 4. The maximum absolute atomic E-state index is 12.2. The van der Waals surface area contributed by atoms with Crippen LogP contribution in [-0.2, 0) is 16.0 Å². The molecule has 1 aromatic carbocycles. The third-order valence-corrected chi connectivity index (χ3v) is 3.95. The largest absolute Gasteiger partial charge is 0.344 e. The molecule has 4 nitrogen and oxygen atoms in total. The van der Waals surface area contributed by atoms with E-state index in [2.05, 4.69) is 5.32 Å². The van der Waals surface area contributed by atoms with Crippen molar-refractivity contribution in [3.8, 4) is 0 Å². The van der Waals surface area contributed by atoms with E-state index in [1.165, 1.54) is 6.42 Å². The number of hydrogen-bond donors (Lipinski definition) is 1. The number of nitrogens with zero attached hydrogens (tertiary/aromatic N) is 1. The predicted molar refractivity (Wildman–Crippen MR) is 83.2 cm³/mol. The maximum Gasteiger partial charge on any atom is 0.244 e. The summed E-state index contributed by atoms with van der Waals surface area (Å²) in [6.45, 7) is 3.35. The molecule has 1 heterocycles. The fourth-order valence-electron chi connectivity index (χ4n) is 2.53. The first-order valence-electron chi connectivity index (χ1n) is 7.39. The standard InChI is InChI=1S/C16H21ClN2O2/c1-12(16(21)19-9-3-2-4-10-19)18-15(20)11-13-5-7-14(17)8-6-13/h5-8,12H,2-4,9-11H2,1H3,(H,18,20)/t12-/m0/s1. The number of carbonyl (C=O) groups excluding carboxylic acids is 2. The molecule has 0 aliphatic carbocycles. The van der Waals surface area contributed by atoms with Gasteiger partial charge in [-0.05, 0) is 43.9 Å². The molecule has 0 unspecified atom stereocenters. The minimum absolute atomic E-state index is 0.0131. The van der Waals surface area contributed by atoms with Gasteiger partial charge in [0.05, 0.1) is 6.42 Å². The molecule has 114 valence electrons. The first kappa shape index (κ1) is 15.8. The molecule has 1 aromatic rings. The third kappa shape index (κ3) is 4.74. The zero-order chi connectivity index (χ0) is 15.2. The Labute approximate surface area is 130 Å². The quantitative estimate of drug-likeness (QED) is 0.928. The highest BCUT2D eigenvalue weighted by atomic mass is 35.5. The zero-order valence-electron chi connectivity index (χ0n) is 12.3. The Morgan fingerprint density at radius 3 is 2.43 bits per heavy atom. The molecular formula is C16H21ClN2O2. The highest BCUT2D eigenvalue weighted by Crippen LogP contribution is 2.11. The van der Waals surface area contributed by atoms with Crippen LogP contribution in [0.5, 0.6) is 0 Å². The van der Waals surface area contributed by atoms with E-state index in [1.807, 2.05) is 17.0 Å². The molecule has 5 heteroatoms. The van der Waals surface area contributed by atoms with Crippen LogP contribution in [-0.4, -0.2) is 35.8 Å². The molecule has 1 aliphatic heterocycles. The minimum Gasteiger partial charge on any atom is -0.344 e. The Hall–Kier alpha value is -1.55. The van der Waals surface area contributed by atoms with Gasteiger partial charge in [0.1, 0.15) is 6.04 Å². The van der Waals surface area contributed by atoms with Gasteiger partial charge < -0.3 is 10.2 Å². The molecule has 1 atom stereocenters. The SMILES string of the molecule is C[C@H](NC(=O)Cc1ccc(Cl)cc1)C(=O)N1CCCCC1. The van der Waals surface area contributed by atoms with E-state index < -0.39 is 6.04 Å². The second kappa shape index (κ2) is 7.46. The number of piperidine rings is 1. The molecule has 0 aromatic heterocycles. The normalized spacial score (nSPS) is 16.4. The molecule has 2 amide bonds.